The zero-order valence-corrected chi connectivity index (χ0v) is 23.7. The van der Waals surface area contributed by atoms with Crippen LogP contribution in [0.25, 0.3) is 11.1 Å². The minimum absolute atomic E-state index is 0.365. The van der Waals surface area contributed by atoms with Gasteiger partial charge in [0.05, 0.1) is 11.2 Å². The zero-order chi connectivity index (χ0) is 27.7. The highest BCUT2D eigenvalue weighted by Crippen LogP contribution is 2.38. The number of anilines is 2. The van der Waals surface area contributed by atoms with Gasteiger partial charge in [0.15, 0.2) is 0 Å². The van der Waals surface area contributed by atoms with E-state index in [0.29, 0.717) is 5.92 Å². The second-order valence-corrected chi connectivity index (χ2v) is 11.7. The Kier molecular flexibility index (Phi) is 6.99. The molecule has 0 radical (unpaired) electrons. The van der Waals surface area contributed by atoms with Crippen molar-refractivity contribution < 1.29 is 9.31 Å². The van der Waals surface area contributed by atoms with Gasteiger partial charge >= 0.3 is 7.12 Å². The van der Waals surface area contributed by atoms with Crippen LogP contribution in [0, 0.1) is 0 Å². The Morgan fingerprint density at radius 3 is 1.73 bits per heavy atom. The Labute approximate surface area is 238 Å². The largest absolute Gasteiger partial charge is 0.494 e. The molecule has 0 saturated carbocycles. The van der Waals surface area contributed by atoms with Crippen molar-refractivity contribution in [3.05, 3.63) is 139 Å². The minimum Gasteiger partial charge on any atom is -0.399 e. The highest BCUT2D eigenvalue weighted by atomic mass is 16.7. The summed E-state index contributed by atoms with van der Waals surface area (Å²) in [7, 11) is -0.377. The van der Waals surface area contributed by atoms with Gasteiger partial charge in [-0.15, -0.1) is 0 Å². The first-order chi connectivity index (χ1) is 19.3. The van der Waals surface area contributed by atoms with Crippen LogP contribution in [0.5, 0.6) is 0 Å². The lowest BCUT2D eigenvalue weighted by molar-refractivity contribution is 0.00578. The fraction of sp³-hybridized carbons (Fsp3) is 0.222. The smallest absolute Gasteiger partial charge is 0.399 e. The van der Waals surface area contributed by atoms with Crippen molar-refractivity contribution in [1.82, 2.24) is 0 Å². The van der Waals surface area contributed by atoms with Gasteiger partial charge < -0.3 is 14.2 Å². The summed E-state index contributed by atoms with van der Waals surface area (Å²) in [4.78, 5) is 2.33. The molecular weight excluding hydrogens is 489 g/mol. The lowest BCUT2D eigenvalue weighted by atomic mass is 9.79. The molecule has 1 unspecified atom stereocenters. The van der Waals surface area contributed by atoms with Crippen LogP contribution < -0.4 is 10.4 Å². The molecule has 1 atom stereocenters. The first kappa shape index (κ1) is 26.4. The molecule has 0 N–H and O–H groups in total. The van der Waals surface area contributed by atoms with Crippen LogP contribution >= 0.6 is 0 Å². The van der Waals surface area contributed by atoms with Gasteiger partial charge in [-0.05, 0) is 86.6 Å². The van der Waals surface area contributed by atoms with E-state index in [1.807, 2.05) is 0 Å². The maximum absolute atomic E-state index is 6.30. The van der Waals surface area contributed by atoms with Crippen LogP contribution in [-0.4, -0.2) is 18.3 Å². The fourth-order valence-electron chi connectivity index (χ4n) is 5.36. The molecule has 0 spiro atoms. The molecule has 0 aromatic heterocycles. The van der Waals surface area contributed by atoms with Crippen LogP contribution in [0.3, 0.4) is 0 Å². The molecule has 0 amide bonds. The molecule has 4 aromatic carbocycles. The molecule has 200 valence electrons. The lowest BCUT2D eigenvalue weighted by Crippen LogP contribution is -2.41. The number of rotatable bonds is 6. The van der Waals surface area contributed by atoms with Crippen molar-refractivity contribution in [3.8, 4) is 11.1 Å². The van der Waals surface area contributed by atoms with Gasteiger partial charge in [-0.1, -0.05) is 97.1 Å². The fourth-order valence-corrected chi connectivity index (χ4v) is 5.36. The predicted octanol–water partition coefficient (Wildman–Crippen LogP) is 8.42. The van der Waals surface area contributed by atoms with Crippen LogP contribution in [0.1, 0.15) is 45.6 Å². The second-order valence-electron chi connectivity index (χ2n) is 11.7. The molecule has 3 nitrogen and oxygen atoms in total. The van der Waals surface area contributed by atoms with E-state index >= 15 is 0 Å². The standard InChI is InChI=1S/C36H36BNO2/c1-35(2)36(3,4)40-37(39-35)31-19-25-34(26-20-31)38(32-21-15-29(16-22-32)27-11-7-5-8-12-27)33-23-17-30(18-24-33)28-13-9-6-10-14-28/h5-17,19-26,30H,18H2,1-4H3. The van der Waals surface area contributed by atoms with Gasteiger partial charge in [-0.25, -0.2) is 0 Å². The maximum Gasteiger partial charge on any atom is 0.494 e. The number of benzene rings is 4. The van der Waals surface area contributed by atoms with Crippen molar-refractivity contribution in [1.29, 1.82) is 0 Å². The topological polar surface area (TPSA) is 21.7 Å². The summed E-state index contributed by atoms with van der Waals surface area (Å²) >= 11 is 0. The normalized spacial score (nSPS) is 19.4. The third kappa shape index (κ3) is 5.17. The van der Waals surface area contributed by atoms with Crippen LogP contribution in [0.4, 0.5) is 11.4 Å². The van der Waals surface area contributed by atoms with Crippen LogP contribution in [-0.2, 0) is 9.31 Å². The van der Waals surface area contributed by atoms with E-state index in [4.69, 9.17) is 9.31 Å². The summed E-state index contributed by atoms with van der Waals surface area (Å²) in [5.41, 5.74) is 7.46. The molecule has 4 aromatic rings. The lowest BCUT2D eigenvalue weighted by Gasteiger charge is -2.32. The van der Waals surface area contributed by atoms with E-state index in [0.717, 1.165) is 23.3 Å². The van der Waals surface area contributed by atoms with Gasteiger partial charge in [0.1, 0.15) is 0 Å². The summed E-state index contributed by atoms with van der Waals surface area (Å²) in [5.74, 6) is 0.387. The maximum atomic E-state index is 6.30. The molecule has 6 rings (SSSR count). The summed E-state index contributed by atoms with van der Waals surface area (Å²) in [6.07, 6.45) is 7.90. The SMILES string of the molecule is CC1(C)OB(c2ccc(N(C3=CCC(c4ccccc4)C=C3)c3ccc(-c4ccccc4)cc3)cc2)OC1(C)C. The summed E-state index contributed by atoms with van der Waals surface area (Å²) in [6, 6.07) is 38.7. The highest BCUT2D eigenvalue weighted by Gasteiger charge is 2.51. The molecule has 40 heavy (non-hydrogen) atoms. The Bertz CT molecular complexity index is 1490. The van der Waals surface area contributed by atoms with E-state index in [2.05, 4.69) is 160 Å². The highest BCUT2D eigenvalue weighted by molar-refractivity contribution is 6.62. The first-order valence-corrected chi connectivity index (χ1v) is 14.2. The predicted molar refractivity (Wildman–Crippen MR) is 167 cm³/mol. The Hall–Kier alpha value is -3.86. The molecule has 1 aliphatic heterocycles. The van der Waals surface area contributed by atoms with E-state index in [1.54, 1.807) is 0 Å². The van der Waals surface area contributed by atoms with Crippen molar-refractivity contribution in [2.24, 2.45) is 0 Å². The zero-order valence-electron chi connectivity index (χ0n) is 23.7. The Balaban J connectivity index is 1.31. The van der Waals surface area contributed by atoms with Gasteiger partial charge in [-0.3, -0.25) is 0 Å². The third-order valence-electron chi connectivity index (χ3n) is 8.48. The number of allylic oxidation sites excluding steroid dienone is 3. The van der Waals surface area contributed by atoms with Crippen molar-refractivity contribution in [3.63, 3.8) is 0 Å². The van der Waals surface area contributed by atoms with E-state index in [1.165, 1.54) is 22.4 Å². The second kappa shape index (κ2) is 10.6. The molecule has 1 heterocycles. The Morgan fingerprint density at radius 1 is 0.650 bits per heavy atom. The van der Waals surface area contributed by atoms with Gasteiger partial charge in [0.2, 0.25) is 0 Å². The van der Waals surface area contributed by atoms with Crippen molar-refractivity contribution in [2.75, 3.05) is 4.90 Å². The quantitative estimate of drug-likeness (QED) is 0.236. The molecule has 1 saturated heterocycles. The number of hydrogen-bond acceptors (Lipinski definition) is 3. The van der Waals surface area contributed by atoms with Gasteiger partial charge in [0.25, 0.3) is 0 Å². The molecule has 0 bridgehead atoms. The van der Waals surface area contributed by atoms with Crippen molar-refractivity contribution in [2.45, 2.75) is 51.2 Å². The molecule has 4 heteroatoms. The summed E-state index contributed by atoms with van der Waals surface area (Å²) in [6.45, 7) is 8.36. The monoisotopic (exact) mass is 525 g/mol. The molecule has 2 aliphatic rings. The average Bonchev–Trinajstić information content (AvgIpc) is 3.21. The van der Waals surface area contributed by atoms with E-state index < -0.39 is 0 Å². The van der Waals surface area contributed by atoms with Crippen molar-refractivity contribution >= 4 is 24.0 Å². The summed E-state index contributed by atoms with van der Waals surface area (Å²) in [5, 5.41) is 0. The van der Waals surface area contributed by atoms with E-state index in [-0.39, 0.29) is 18.3 Å². The minimum atomic E-state index is -0.377. The van der Waals surface area contributed by atoms with E-state index in [9.17, 15) is 0 Å². The van der Waals surface area contributed by atoms with Gasteiger partial charge in [0, 0.05) is 23.0 Å². The molecule has 1 fully saturated rings. The Morgan fingerprint density at radius 2 is 1.18 bits per heavy atom. The van der Waals surface area contributed by atoms with Crippen LogP contribution in [0.2, 0.25) is 0 Å². The molecule has 1 aliphatic carbocycles. The van der Waals surface area contributed by atoms with Crippen LogP contribution in [0.15, 0.2) is 133 Å². The number of nitrogens with zero attached hydrogens (tertiary/aromatic N) is 1. The number of hydrogen-bond donors (Lipinski definition) is 0. The first-order valence-electron chi connectivity index (χ1n) is 14.2. The average molecular weight is 526 g/mol. The summed E-state index contributed by atoms with van der Waals surface area (Å²) < 4.78 is 12.6. The molecular formula is C36H36BNO2. The van der Waals surface area contributed by atoms with Gasteiger partial charge in [-0.2, -0.15) is 0 Å². The third-order valence-corrected chi connectivity index (χ3v) is 8.48.